The Balaban J connectivity index is 3.35. The van der Waals surface area contributed by atoms with Gasteiger partial charge in [-0.15, -0.1) is 0 Å². The maximum atomic E-state index is 11.8. The van der Waals surface area contributed by atoms with E-state index in [0.29, 0.717) is 16.7 Å². The van der Waals surface area contributed by atoms with Gasteiger partial charge in [-0.05, 0) is 30.5 Å². The van der Waals surface area contributed by atoms with Crippen LogP contribution in [0.25, 0.3) is 0 Å². The molecule has 0 aromatic heterocycles. The van der Waals surface area contributed by atoms with Gasteiger partial charge in [-0.1, -0.05) is 13.0 Å². The highest BCUT2D eigenvalue weighted by Crippen LogP contribution is 2.19. The van der Waals surface area contributed by atoms with Crippen LogP contribution in [0.3, 0.4) is 0 Å². The molecule has 0 unspecified atom stereocenters. The van der Waals surface area contributed by atoms with Crippen LogP contribution in [-0.4, -0.2) is 12.6 Å². The number of aryl methyl sites for hydroxylation is 1. The van der Waals surface area contributed by atoms with Crippen LogP contribution in [-0.2, 0) is 17.7 Å². The minimum absolute atomic E-state index is 0.219. The Labute approximate surface area is 101 Å². The van der Waals surface area contributed by atoms with Crippen molar-refractivity contribution in [3.8, 4) is 6.07 Å². The highest BCUT2D eigenvalue weighted by Gasteiger charge is 2.17. The Kier molecular flexibility index (Phi) is 4.68. The summed E-state index contributed by atoms with van der Waals surface area (Å²) in [7, 11) is 0. The first-order chi connectivity index (χ1) is 8.17. The van der Waals surface area contributed by atoms with Crippen molar-refractivity contribution in [1.29, 1.82) is 5.26 Å². The second kappa shape index (κ2) is 6.02. The van der Waals surface area contributed by atoms with Crippen molar-refractivity contribution in [2.45, 2.75) is 26.8 Å². The van der Waals surface area contributed by atoms with Crippen LogP contribution < -0.4 is 5.73 Å². The van der Waals surface area contributed by atoms with E-state index < -0.39 is 5.97 Å². The van der Waals surface area contributed by atoms with Crippen LogP contribution in [0.1, 0.15) is 40.9 Å². The molecule has 0 bridgehead atoms. The lowest BCUT2D eigenvalue weighted by molar-refractivity contribution is 0.0524. The van der Waals surface area contributed by atoms with E-state index in [1.165, 1.54) is 0 Å². The number of nitriles is 1. The van der Waals surface area contributed by atoms with Gasteiger partial charge in [0.05, 0.1) is 17.7 Å². The third-order valence-corrected chi connectivity index (χ3v) is 2.51. The van der Waals surface area contributed by atoms with Crippen LogP contribution in [0.5, 0.6) is 0 Å². The molecule has 0 saturated heterocycles. The zero-order valence-electron chi connectivity index (χ0n) is 10.1. The third-order valence-electron chi connectivity index (χ3n) is 2.51. The van der Waals surface area contributed by atoms with E-state index in [2.05, 4.69) is 0 Å². The van der Waals surface area contributed by atoms with Crippen molar-refractivity contribution in [2.75, 3.05) is 6.61 Å². The highest BCUT2D eigenvalue weighted by molar-refractivity contribution is 5.94. The van der Waals surface area contributed by atoms with E-state index >= 15 is 0 Å². The SMILES string of the molecule is CCOC(=O)c1c(C#N)cc(CC)cc1CN. The van der Waals surface area contributed by atoms with Crippen LogP contribution in [0.4, 0.5) is 0 Å². The van der Waals surface area contributed by atoms with Gasteiger partial charge in [0.2, 0.25) is 0 Å². The van der Waals surface area contributed by atoms with Crippen molar-refractivity contribution >= 4 is 5.97 Å². The van der Waals surface area contributed by atoms with Crippen molar-refractivity contribution in [1.82, 2.24) is 0 Å². The van der Waals surface area contributed by atoms with E-state index in [1.807, 2.05) is 19.1 Å². The van der Waals surface area contributed by atoms with Gasteiger partial charge >= 0.3 is 5.97 Å². The Morgan fingerprint density at radius 1 is 1.47 bits per heavy atom. The van der Waals surface area contributed by atoms with E-state index in [9.17, 15) is 4.79 Å². The monoisotopic (exact) mass is 232 g/mol. The van der Waals surface area contributed by atoms with Gasteiger partial charge in [-0.3, -0.25) is 0 Å². The third kappa shape index (κ3) is 2.83. The largest absolute Gasteiger partial charge is 0.462 e. The molecule has 1 rings (SSSR count). The number of rotatable bonds is 4. The Morgan fingerprint density at radius 3 is 2.65 bits per heavy atom. The predicted molar refractivity (Wildman–Crippen MR) is 64.4 cm³/mol. The maximum Gasteiger partial charge on any atom is 0.339 e. The molecule has 2 N–H and O–H groups in total. The lowest BCUT2D eigenvalue weighted by atomic mass is 9.97. The molecule has 0 saturated carbocycles. The average molecular weight is 232 g/mol. The van der Waals surface area contributed by atoms with E-state index in [1.54, 1.807) is 13.0 Å². The van der Waals surface area contributed by atoms with E-state index in [0.717, 1.165) is 12.0 Å². The lowest BCUT2D eigenvalue weighted by Gasteiger charge is -2.11. The van der Waals surface area contributed by atoms with Gasteiger partial charge in [0, 0.05) is 6.54 Å². The molecule has 0 aliphatic heterocycles. The smallest absolute Gasteiger partial charge is 0.339 e. The minimum atomic E-state index is -0.479. The van der Waals surface area contributed by atoms with Crippen LogP contribution >= 0.6 is 0 Å². The van der Waals surface area contributed by atoms with E-state index in [-0.39, 0.29) is 13.2 Å². The van der Waals surface area contributed by atoms with Gasteiger partial charge in [0.1, 0.15) is 6.07 Å². The number of nitrogens with zero attached hydrogens (tertiary/aromatic N) is 1. The second-order valence-corrected chi connectivity index (χ2v) is 3.57. The first-order valence-electron chi connectivity index (χ1n) is 5.60. The fraction of sp³-hybridized carbons (Fsp3) is 0.385. The fourth-order valence-electron chi connectivity index (χ4n) is 1.67. The number of hydrogen-bond donors (Lipinski definition) is 1. The summed E-state index contributed by atoms with van der Waals surface area (Å²) >= 11 is 0. The summed E-state index contributed by atoms with van der Waals surface area (Å²) in [6, 6.07) is 5.60. The summed E-state index contributed by atoms with van der Waals surface area (Å²) in [5, 5.41) is 9.08. The number of esters is 1. The fourth-order valence-corrected chi connectivity index (χ4v) is 1.67. The molecule has 0 atom stereocenters. The van der Waals surface area contributed by atoms with Crippen molar-refractivity contribution in [3.05, 3.63) is 34.4 Å². The minimum Gasteiger partial charge on any atom is -0.462 e. The molecular formula is C13H16N2O2. The molecule has 1 aromatic rings. The summed E-state index contributed by atoms with van der Waals surface area (Å²) in [4.78, 5) is 11.8. The van der Waals surface area contributed by atoms with Crippen molar-refractivity contribution < 1.29 is 9.53 Å². The molecule has 0 aliphatic carbocycles. The molecule has 0 amide bonds. The van der Waals surface area contributed by atoms with Gasteiger partial charge in [0.15, 0.2) is 0 Å². The summed E-state index contributed by atoms with van der Waals surface area (Å²) in [5.74, 6) is -0.479. The summed E-state index contributed by atoms with van der Waals surface area (Å²) in [6.45, 7) is 4.22. The summed E-state index contributed by atoms with van der Waals surface area (Å²) in [6.07, 6.45) is 0.796. The second-order valence-electron chi connectivity index (χ2n) is 3.57. The van der Waals surface area contributed by atoms with Gasteiger partial charge < -0.3 is 10.5 Å². The predicted octanol–water partition coefficient (Wildman–Crippen LogP) is 1.76. The molecule has 90 valence electrons. The standard InChI is InChI=1S/C13H16N2O2/c1-3-9-5-10(7-14)12(11(6-9)8-15)13(16)17-4-2/h5-6H,3-4,7,14H2,1-2H3. The number of ether oxygens (including phenoxy) is 1. The topological polar surface area (TPSA) is 76.1 Å². The van der Waals surface area contributed by atoms with Gasteiger partial charge in [-0.25, -0.2) is 4.79 Å². The maximum absolute atomic E-state index is 11.8. The highest BCUT2D eigenvalue weighted by atomic mass is 16.5. The van der Waals surface area contributed by atoms with Crippen molar-refractivity contribution in [3.63, 3.8) is 0 Å². The molecule has 4 nitrogen and oxygen atoms in total. The van der Waals surface area contributed by atoms with Gasteiger partial charge in [-0.2, -0.15) is 5.26 Å². The van der Waals surface area contributed by atoms with Crippen molar-refractivity contribution in [2.24, 2.45) is 5.73 Å². The molecular weight excluding hydrogens is 216 g/mol. The molecule has 0 radical (unpaired) electrons. The Bertz CT molecular complexity index is 461. The summed E-state index contributed by atoms with van der Waals surface area (Å²) in [5.41, 5.74) is 7.91. The number of carbonyl (C=O) groups excluding carboxylic acids is 1. The first-order valence-corrected chi connectivity index (χ1v) is 5.60. The quantitative estimate of drug-likeness (QED) is 0.802. The number of carbonyl (C=O) groups is 1. The molecule has 0 spiro atoms. The molecule has 1 aromatic carbocycles. The zero-order valence-corrected chi connectivity index (χ0v) is 10.1. The lowest BCUT2D eigenvalue weighted by Crippen LogP contribution is -2.13. The Hall–Kier alpha value is -1.86. The molecule has 4 heteroatoms. The molecule has 0 fully saturated rings. The first kappa shape index (κ1) is 13.2. The number of nitrogens with two attached hydrogens (primary N) is 1. The molecule has 0 heterocycles. The zero-order chi connectivity index (χ0) is 12.8. The van der Waals surface area contributed by atoms with Gasteiger partial charge in [0.25, 0.3) is 0 Å². The van der Waals surface area contributed by atoms with Crippen LogP contribution in [0.2, 0.25) is 0 Å². The van der Waals surface area contributed by atoms with Crippen LogP contribution in [0, 0.1) is 11.3 Å². The average Bonchev–Trinajstić information content (AvgIpc) is 2.37. The van der Waals surface area contributed by atoms with E-state index in [4.69, 9.17) is 15.7 Å². The molecule has 17 heavy (non-hydrogen) atoms. The Morgan fingerprint density at radius 2 is 2.18 bits per heavy atom. The van der Waals surface area contributed by atoms with Crippen LogP contribution in [0.15, 0.2) is 12.1 Å². The number of hydrogen-bond acceptors (Lipinski definition) is 4. The summed E-state index contributed by atoms with van der Waals surface area (Å²) < 4.78 is 4.94. The number of benzene rings is 1. The molecule has 0 aliphatic rings. The normalized spacial score (nSPS) is 9.76.